The fraction of sp³-hybridized carbons (Fsp3) is 0.417. The number of carbonyl (C=O) groups is 1. The number of hydrogen-bond acceptors (Lipinski definition) is 3. The monoisotopic (exact) mass is 322 g/mol. The molecule has 0 unspecified atom stereocenters. The van der Waals surface area contributed by atoms with E-state index in [4.69, 9.17) is 0 Å². The summed E-state index contributed by atoms with van der Waals surface area (Å²) in [7, 11) is -4.46. The minimum absolute atomic E-state index is 0.000996. The summed E-state index contributed by atoms with van der Waals surface area (Å²) in [5, 5.41) is 2.49. The fourth-order valence-electron chi connectivity index (χ4n) is 1.72. The Bertz CT molecular complexity index is 637. The number of benzene rings is 1. The molecule has 1 aromatic carbocycles. The Hall–Kier alpha value is -1.61. The van der Waals surface area contributed by atoms with Crippen LogP contribution in [0.15, 0.2) is 17.0 Å². The average molecular weight is 322 g/mol. The van der Waals surface area contributed by atoms with Crippen LogP contribution >= 0.6 is 0 Å². The molecule has 0 aliphatic heterocycles. The first kappa shape index (κ1) is 15.8. The van der Waals surface area contributed by atoms with Crippen molar-refractivity contribution < 1.29 is 26.4 Å². The zero-order chi connectivity index (χ0) is 15.6. The Morgan fingerprint density at radius 1 is 1.14 bits per heavy atom. The molecule has 116 valence electrons. The van der Waals surface area contributed by atoms with Gasteiger partial charge in [-0.15, -0.1) is 0 Å². The summed E-state index contributed by atoms with van der Waals surface area (Å²) in [4.78, 5) is 10.1. The quantitative estimate of drug-likeness (QED) is 0.765. The molecule has 1 aliphatic carbocycles. The van der Waals surface area contributed by atoms with E-state index in [0.717, 1.165) is 12.8 Å². The molecule has 0 radical (unpaired) electrons. The molecule has 5 nitrogen and oxygen atoms in total. The Labute approximate surface area is 119 Å². The van der Waals surface area contributed by atoms with E-state index in [0.29, 0.717) is 0 Å². The van der Waals surface area contributed by atoms with Gasteiger partial charge in [0.15, 0.2) is 4.90 Å². The van der Waals surface area contributed by atoms with Crippen LogP contribution in [0.1, 0.15) is 12.8 Å². The number of halogens is 3. The van der Waals surface area contributed by atoms with Gasteiger partial charge >= 0.3 is 0 Å². The molecule has 0 aromatic heterocycles. The first-order valence-electron chi connectivity index (χ1n) is 6.23. The van der Waals surface area contributed by atoms with Crippen LogP contribution in [0.25, 0.3) is 0 Å². The first-order valence-corrected chi connectivity index (χ1v) is 7.71. The van der Waals surface area contributed by atoms with Gasteiger partial charge in [0.2, 0.25) is 15.9 Å². The smallest absolute Gasteiger partial charge is 0.246 e. The summed E-state index contributed by atoms with van der Waals surface area (Å²) in [5.41, 5.74) is 0. The standard InChI is InChI=1S/C12H13F3N2O3S/c13-8-5-9(14)11(10(15)6-8)21(19,20)17-4-3-16-12(18)7-1-2-7/h5-7,17H,1-4H2,(H,16,18). The second-order valence-electron chi connectivity index (χ2n) is 4.66. The predicted octanol–water partition coefficient (Wildman–Crippen LogP) is 0.908. The van der Waals surface area contributed by atoms with E-state index >= 15 is 0 Å². The van der Waals surface area contributed by atoms with Crippen molar-refractivity contribution in [2.45, 2.75) is 17.7 Å². The van der Waals surface area contributed by atoms with Gasteiger partial charge in [-0.3, -0.25) is 4.79 Å². The number of amides is 1. The number of hydrogen-bond donors (Lipinski definition) is 2. The summed E-state index contributed by atoms with van der Waals surface area (Å²) in [6.07, 6.45) is 1.62. The van der Waals surface area contributed by atoms with Crippen LogP contribution in [-0.2, 0) is 14.8 Å². The molecule has 0 spiro atoms. The van der Waals surface area contributed by atoms with E-state index in [2.05, 4.69) is 5.32 Å². The van der Waals surface area contributed by atoms with E-state index < -0.39 is 32.4 Å². The summed E-state index contributed by atoms with van der Waals surface area (Å²) in [6, 6.07) is 0.568. The third-order valence-electron chi connectivity index (χ3n) is 2.90. The van der Waals surface area contributed by atoms with Crippen LogP contribution in [0.5, 0.6) is 0 Å². The van der Waals surface area contributed by atoms with Crippen LogP contribution in [-0.4, -0.2) is 27.4 Å². The highest BCUT2D eigenvalue weighted by molar-refractivity contribution is 7.89. The lowest BCUT2D eigenvalue weighted by atomic mass is 10.3. The van der Waals surface area contributed by atoms with Gasteiger partial charge in [0, 0.05) is 31.1 Å². The second-order valence-corrected chi connectivity index (χ2v) is 6.37. The highest BCUT2D eigenvalue weighted by Gasteiger charge is 2.29. The maximum absolute atomic E-state index is 13.4. The first-order chi connectivity index (χ1) is 9.81. The Balaban J connectivity index is 1.96. The minimum atomic E-state index is -4.46. The SMILES string of the molecule is O=C(NCCNS(=O)(=O)c1c(F)cc(F)cc1F)C1CC1. The fourth-order valence-corrected chi connectivity index (χ4v) is 2.87. The molecule has 21 heavy (non-hydrogen) atoms. The van der Waals surface area contributed by atoms with Crippen molar-refractivity contribution in [3.63, 3.8) is 0 Å². The van der Waals surface area contributed by atoms with E-state index in [9.17, 15) is 26.4 Å². The van der Waals surface area contributed by atoms with Gasteiger partial charge < -0.3 is 5.32 Å². The molecule has 1 aromatic rings. The maximum Gasteiger partial charge on any atom is 0.246 e. The Kier molecular flexibility index (Phi) is 4.52. The van der Waals surface area contributed by atoms with Crippen molar-refractivity contribution in [2.75, 3.05) is 13.1 Å². The van der Waals surface area contributed by atoms with Gasteiger partial charge in [0.05, 0.1) is 0 Å². The zero-order valence-corrected chi connectivity index (χ0v) is 11.6. The lowest BCUT2D eigenvalue weighted by Gasteiger charge is -2.09. The molecule has 0 heterocycles. The van der Waals surface area contributed by atoms with E-state index in [-0.39, 0.29) is 37.0 Å². The van der Waals surface area contributed by atoms with Gasteiger partial charge in [0.1, 0.15) is 17.5 Å². The van der Waals surface area contributed by atoms with Crippen molar-refractivity contribution in [3.05, 3.63) is 29.6 Å². The molecule has 1 aliphatic rings. The largest absolute Gasteiger partial charge is 0.355 e. The number of carbonyl (C=O) groups excluding carboxylic acids is 1. The van der Waals surface area contributed by atoms with Crippen LogP contribution in [0, 0.1) is 23.4 Å². The lowest BCUT2D eigenvalue weighted by Crippen LogP contribution is -2.35. The summed E-state index contributed by atoms with van der Waals surface area (Å²) < 4.78 is 65.0. The van der Waals surface area contributed by atoms with E-state index in [1.807, 2.05) is 4.72 Å². The van der Waals surface area contributed by atoms with Crippen LogP contribution in [0.3, 0.4) is 0 Å². The minimum Gasteiger partial charge on any atom is -0.355 e. The molecule has 1 fully saturated rings. The Morgan fingerprint density at radius 3 is 2.24 bits per heavy atom. The molecule has 0 bridgehead atoms. The molecule has 1 saturated carbocycles. The highest BCUT2D eigenvalue weighted by Crippen LogP contribution is 2.28. The van der Waals surface area contributed by atoms with Crippen molar-refractivity contribution in [1.82, 2.24) is 10.0 Å². The van der Waals surface area contributed by atoms with Crippen molar-refractivity contribution in [2.24, 2.45) is 5.92 Å². The third kappa shape index (κ3) is 3.94. The molecular formula is C12H13F3N2O3S. The molecule has 2 rings (SSSR count). The van der Waals surface area contributed by atoms with Crippen LogP contribution in [0.4, 0.5) is 13.2 Å². The Morgan fingerprint density at radius 2 is 1.71 bits per heavy atom. The zero-order valence-electron chi connectivity index (χ0n) is 10.8. The van der Waals surface area contributed by atoms with Crippen LogP contribution < -0.4 is 10.0 Å². The lowest BCUT2D eigenvalue weighted by molar-refractivity contribution is -0.122. The summed E-state index contributed by atoms with van der Waals surface area (Å²) in [5.74, 6) is -4.42. The molecule has 0 atom stereocenters. The number of sulfonamides is 1. The average Bonchev–Trinajstić information content (AvgIpc) is 3.16. The third-order valence-corrected chi connectivity index (χ3v) is 4.41. The highest BCUT2D eigenvalue weighted by atomic mass is 32.2. The number of nitrogens with one attached hydrogen (secondary N) is 2. The molecule has 1 amide bonds. The normalized spacial score (nSPS) is 15.0. The topological polar surface area (TPSA) is 75.3 Å². The van der Waals surface area contributed by atoms with Crippen molar-refractivity contribution in [1.29, 1.82) is 0 Å². The molecule has 9 heteroatoms. The van der Waals surface area contributed by atoms with Crippen LogP contribution in [0.2, 0.25) is 0 Å². The van der Waals surface area contributed by atoms with E-state index in [1.165, 1.54) is 0 Å². The van der Waals surface area contributed by atoms with Gasteiger partial charge in [-0.25, -0.2) is 26.3 Å². The van der Waals surface area contributed by atoms with Crippen molar-refractivity contribution >= 4 is 15.9 Å². The van der Waals surface area contributed by atoms with Gasteiger partial charge in [-0.2, -0.15) is 0 Å². The summed E-state index contributed by atoms with van der Waals surface area (Å²) >= 11 is 0. The molecular weight excluding hydrogens is 309 g/mol. The van der Waals surface area contributed by atoms with E-state index in [1.54, 1.807) is 0 Å². The maximum atomic E-state index is 13.4. The van der Waals surface area contributed by atoms with Gasteiger partial charge in [0.25, 0.3) is 0 Å². The molecule has 2 N–H and O–H groups in total. The van der Waals surface area contributed by atoms with Crippen molar-refractivity contribution in [3.8, 4) is 0 Å². The number of rotatable bonds is 6. The second kappa shape index (κ2) is 6.02. The predicted molar refractivity (Wildman–Crippen MR) is 67.2 cm³/mol. The molecule has 0 saturated heterocycles. The van der Waals surface area contributed by atoms with Gasteiger partial charge in [-0.1, -0.05) is 0 Å². The summed E-state index contributed by atoms with van der Waals surface area (Å²) in [6.45, 7) is -0.226. The van der Waals surface area contributed by atoms with Gasteiger partial charge in [-0.05, 0) is 12.8 Å².